The van der Waals surface area contributed by atoms with E-state index in [1.54, 1.807) is 51.5 Å². The van der Waals surface area contributed by atoms with Crippen molar-refractivity contribution < 1.29 is 22.7 Å². The van der Waals surface area contributed by atoms with Crippen LogP contribution in [0.1, 0.15) is 24.1 Å². The van der Waals surface area contributed by atoms with Crippen LogP contribution in [0.3, 0.4) is 0 Å². The lowest BCUT2D eigenvalue weighted by atomic mass is 10.1. The van der Waals surface area contributed by atoms with Gasteiger partial charge in [0.1, 0.15) is 11.5 Å². The van der Waals surface area contributed by atoms with Crippen molar-refractivity contribution in [1.82, 2.24) is 9.62 Å². The van der Waals surface area contributed by atoms with Crippen LogP contribution in [0.25, 0.3) is 6.08 Å². The van der Waals surface area contributed by atoms with Gasteiger partial charge in [-0.2, -0.15) is 4.31 Å². The topological polar surface area (TPSA) is 84.9 Å². The molecule has 1 amide bonds. The van der Waals surface area contributed by atoms with Crippen molar-refractivity contribution in [2.45, 2.75) is 13.0 Å². The van der Waals surface area contributed by atoms with Crippen molar-refractivity contribution in [3.63, 3.8) is 0 Å². The first kappa shape index (κ1) is 22.4. The standard InChI is InChI=1S/C21H26N2O5S/c1-16(19-14-18(27-3)10-11-20(19)28-4)22-21(24)15-23(2)29(25,26)13-12-17-8-6-5-7-9-17/h5-14,16H,15H2,1-4H3,(H,22,24)/b13-12+/t16-/m1/s1. The van der Waals surface area contributed by atoms with Crippen molar-refractivity contribution in [3.8, 4) is 11.5 Å². The summed E-state index contributed by atoms with van der Waals surface area (Å²) < 4.78 is 36.4. The average molecular weight is 419 g/mol. The lowest BCUT2D eigenvalue weighted by Crippen LogP contribution is -2.38. The van der Waals surface area contributed by atoms with Gasteiger partial charge in [-0.3, -0.25) is 4.79 Å². The summed E-state index contributed by atoms with van der Waals surface area (Å²) in [4.78, 5) is 12.4. The minimum Gasteiger partial charge on any atom is -0.497 e. The van der Waals surface area contributed by atoms with Gasteiger partial charge in [-0.25, -0.2) is 8.42 Å². The maximum Gasteiger partial charge on any atom is 0.236 e. The number of sulfonamides is 1. The minimum absolute atomic E-state index is 0.307. The van der Waals surface area contributed by atoms with E-state index in [-0.39, 0.29) is 6.54 Å². The molecular weight excluding hydrogens is 392 g/mol. The summed E-state index contributed by atoms with van der Waals surface area (Å²) in [6.07, 6.45) is 1.49. The molecule has 0 spiro atoms. The predicted molar refractivity (Wildman–Crippen MR) is 113 cm³/mol. The van der Waals surface area contributed by atoms with E-state index in [4.69, 9.17) is 9.47 Å². The summed E-state index contributed by atoms with van der Waals surface area (Å²) in [6.45, 7) is 1.48. The molecule has 0 saturated carbocycles. The molecule has 2 aromatic rings. The van der Waals surface area contributed by atoms with Gasteiger partial charge in [0, 0.05) is 18.0 Å². The lowest BCUT2D eigenvalue weighted by Gasteiger charge is -2.20. The highest BCUT2D eigenvalue weighted by Crippen LogP contribution is 2.29. The fourth-order valence-electron chi connectivity index (χ4n) is 2.67. The van der Waals surface area contributed by atoms with Crippen LogP contribution in [-0.2, 0) is 14.8 Å². The van der Waals surface area contributed by atoms with Gasteiger partial charge in [-0.1, -0.05) is 30.3 Å². The highest BCUT2D eigenvalue weighted by Gasteiger charge is 2.20. The van der Waals surface area contributed by atoms with Gasteiger partial charge in [0.15, 0.2) is 0 Å². The first-order valence-electron chi connectivity index (χ1n) is 8.97. The van der Waals surface area contributed by atoms with Gasteiger partial charge in [-0.15, -0.1) is 0 Å². The molecular formula is C21H26N2O5S. The van der Waals surface area contributed by atoms with Crippen molar-refractivity contribution in [1.29, 1.82) is 0 Å². The Kier molecular flexibility index (Phi) is 7.81. The van der Waals surface area contributed by atoms with E-state index in [9.17, 15) is 13.2 Å². The fraction of sp³-hybridized carbons (Fsp3) is 0.286. The van der Waals surface area contributed by atoms with Gasteiger partial charge in [0.2, 0.25) is 15.9 Å². The number of benzene rings is 2. The second-order valence-electron chi connectivity index (χ2n) is 6.41. The van der Waals surface area contributed by atoms with Crippen LogP contribution >= 0.6 is 0 Å². The Hall–Kier alpha value is -2.84. The number of methoxy groups -OCH3 is 2. The number of rotatable bonds is 9. The van der Waals surface area contributed by atoms with Crippen LogP contribution in [-0.4, -0.2) is 46.4 Å². The van der Waals surface area contributed by atoms with E-state index in [0.717, 1.165) is 20.8 Å². The first-order valence-corrected chi connectivity index (χ1v) is 10.5. The zero-order chi connectivity index (χ0) is 21.4. The van der Waals surface area contributed by atoms with E-state index < -0.39 is 22.0 Å². The molecule has 0 aliphatic rings. The maximum absolute atomic E-state index is 12.4. The van der Waals surface area contributed by atoms with Gasteiger partial charge in [0.05, 0.1) is 26.8 Å². The maximum atomic E-state index is 12.4. The Bertz CT molecular complexity index is 958. The number of nitrogens with one attached hydrogen (secondary N) is 1. The Labute approximate surface area is 172 Å². The van der Waals surface area contributed by atoms with Crippen LogP contribution in [0.4, 0.5) is 0 Å². The smallest absolute Gasteiger partial charge is 0.236 e. The molecule has 7 nitrogen and oxygen atoms in total. The third-order valence-electron chi connectivity index (χ3n) is 4.31. The van der Waals surface area contributed by atoms with E-state index in [0.29, 0.717) is 11.5 Å². The van der Waals surface area contributed by atoms with Gasteiger partial charge in [0.25, 0.3) is 0 Å². The summed E-state index contributed by atoms with van der Waals surface area (Å²) in [5.41, 5.74) is 1.49. The number of hydrogen-bond acceptors (Lipinski definition) is 5. The third kappa shape index (κ3) is 6.33. The zero-order valence-electron chi connectivity index (χ0n) is 17.0. The average Bonchev–Trinajstić information content (AvgIpc) is 2.72. The number of carbonyl (C=O) groups excluding carboxylic acids is 1. The molecule has 0 aromatic heterocycles. The van der Waals surface area contributed by atoms with Crippen molar-refractivity contribution >= 4 is 22.0 Å². The summed E-state index contributed by atoms with van der Waals surface area (Å²) >= 11 is 0. The predicted octanol–water partition coefficient (Wildman–Crippen LogP) is 2.81. The summed E-state index contributed by atoms with van der Waals surface area (Å²) in [5.74, 6) is 0.805. The van der Waals surface area contributed by atoms with Gasteiger partial charge >= 0.3 is 0 Å². The number of nitrogens with zero attached hydrogens (tertiary/aromatic N) is 1. The molecule has 0 saturated heterocycles. The molecule has 0 aliphatic heterocycles. The Balaban J connectivity index is 2.03. The van der Waals surface area contributed by atoms with Crippen LogP contribution in [0.2, 0.25) is 0 Å². The number of hydrogen-bond donors (Lipinski definition) is 1. The lowest BCUT2D eigenvalue weighted by molar-refractivity contribution is -0.121. The highest BCUT2D eigenvalue weighted by molar-refractivity contribution is 7.92. The third-order valence-corrected chi connectivity index (χ3v) is 5.79. The molecule has 8 heteroatoms. The first-order chi connectivity index (χ1) is 13.8. The molecule has 156 valence electrons. The van der Waals surface area contributed by atoms with Crippen molar-refractivity contribution in [2.75, 3.05) is 27.8 Å². The SMILES string of the molecule is COc1ccc(OC)c([C@@H](C)NC(=O)CN(C)S(=O)(=O)/C=C/c2ccccc2)c1. The fourth-order valence-corrected chi connectivity index (χ4v) is 3.50. The quantitative estimate of drug-likeness (QED) is 0.677. The van der Waals surface area contributed by atoms with Gasteiger partial charge in [-0.05, 0) is 36.8 Å². The molecule has 0 fully saturated rings. The van der Waals surface area contributed by atoms with Crippen molar-refractivity contribution in [2.24, 2.45) is 0 Å². The van der Waals surface area contributed by atoms with Crippen LogP contribution in [0.5, 0.6) is 11.5 Å². The number of amides is 1. The van der Waals surface area contributed by atoms with Crippen molar-refractivity contribution in [3.05, 3.63) is 65.1 Å². The largest absolute Gasteiger partial charge is 0.497 e. The molecule has 2 aromatic carbocycles. The van der Waals surface area contributed by atoms with E-state index in [1.165, 1.54) is 13.1 Å². The summed E-state index contributed by atoms with van der Waals surface area (Å²) in [6, 6.07) is 14.0. The Morgan fingerprint density at radius 3 is 2.45 bits per heavy atom. The molecule has 0 unspecified atom stereocenters. The monoisotopic (exact) mass is 418 g/mol. The summed E-state index contributed by atoms with van der Waals surface area (Å²) in [7, 11) is 0.726. The Morgan fingerprint density at radius 2 is 1.83 bits per heavy atom. The normalized spacial score (nSPS) is 12.7. The molecule has 0 bridgehead atoms. The highest BCUT2D eigenvalue weighted by atomic mass is 32.2. The summed E-state index contributed by atoms with van der Waals surface area (Å²) in [5, 5.41) is 3.88. The van der Waals surface area contributed by atoms with Crippen LogP contribution in [0.15, 0.2) is 53.9 Å². The van der Waals surface area contributed by atoms with E-state index in [2.05, 4.69) is 5.32 Å². The van der Waals surface area contributed by atoms with E-state index in [1.807, 2.05) is 18.2 Å². The Morgan fingerprint density at radius 1 is 1.14 bits per heavy atom. The molecule has 1 N–H and O–H groups in total. The second kappa shape index (κ2) is 10.1. The van der Waals surface area contributed by atoms with Crippen LogP contribution in [0, 0.1) is 0 Å². The second-order valence-corrected chi connectivity index (χ2v) is 8.34. The molecule has 2 rings (SSSR count). The number of likely N-dealkylation sites (N-methyl/N-ethyl adjacent to an activating group) is 1. The van der Waals surface area contributed by atoms with Crippen LogP contribution < -0.4 is 14.8 Å². The molecule has 0 heterocycles. The molecule has 1 atom stereocenters. The number of ether oxygens (including phenoxy) is 2. The zero-order valence-corrected chi connectivity index (χ0v) is 17.8. The molecule has 0 aliphatic carbocycles. The minimum atomic E-state index is -3.73. The van der Waals surface area contributed by atoms with E-state index >= 15 is 0 Å². The number of carbonyl (C=O) groups is 1. The molecule has 29 heavy (non-hydrogen) atoms. The molecule has 0 radical (unpaired) electrons. The van der Waals surface area contributed by atoms with Gasteiger partial charge < -0.3 is 14.8 Å².